The van der Waals surface area contributed by atoms with Gasteiger partial charge in [0.1, 0.15) is 5.82 Å². The highest BCUT2D eigenvalue weighted by Crippen LogP contribution is 2.41. The number of hydrogen-bond donors (Lipinski definition) is 2. The minimum absolute atomic E-state index is 0.0840. The number of rotatable bonds is 6. The van der Waals surface area contributed by atoms with Crippen LogP contribution in [0.25, 0.3) is 0 Å². The Morgan fingerprint density at radius 3 is 2.34 bits per heavy atom. The molecule has 1 aromatic heterocycles. The quantitative estimate of drug-likeness (QED) is 0.409. The van der Waals surface area contributed by atoms with Crippen LogP contribution in [0.15, 0.2) is 72.9 Å². The highest BCUT2D eigenvalue weighted by molar-refractivity contribution is 7.80. The fraction of sp³-hybridized carbons (Fsp3) is 0.357. The molecule has 0 unspecified atom stereocenters. The summed E-state index contributed by atoms with van der Waals surface area (Å²) in [6.07, 6.45) is 6.64. The number of anilines is 3. The Morgan fingerprint density at radius 1 is 0.914 bits per heavy atom. The molecule has 1 aliphatic heterocycles. The molecule has 5 nitrogen and oxygen atoms in total. The molecule has 182 valence electrons. The molecule has 2 heterocycles. The standard InChI is InChI=1S/C28H32ClN5S/c29-23-8-6-7-22(19-23)28(13-4-5-14-28)21-31-27(35)32-24-11-12-26(30-20-24)34-17-15-33(16-18-34)25-9-2-1-3-10-25/h1-3,6-12,19-20H,4-5,13-18,21H2,(H2,31,32,35). The van der Waals surface area contributed by atoms with E-state index in [1.54, 1.807) is 0 Å². The van der Waals surface area contributed by atoms with Crippen molar-refractivity contribution in [1.82, 2.24) is 10.3 Å². The summed E-state index contributed by atoms with van der Waals surface area (Å²) in [4.78, 5) is 9.47. The smallest absolute Gasteiger partial charge is 0.170 e. The molecule has 7 heteroatoms. The van der Waals surface area contributed by atoms with E-state index in [9.17, 15) is 0 Å². The molecule has 0 amide bonds. The van der Waals surface area contributed by atoms with Crippen LogP contribution < -0.4 is 20.4 Å². The second-order valence-electron chi connectivity index (χ2n) is 9.52. The molecule has 1 saturated carbocycles. The van der Waals surface area contributed by atoms with Crippen molar-refractivity contribution in [3.8, 4) is 0 Å². The minimum Gasteiger partial charge on any atom is -0.368 e. The van der Waals surface area contributed by atoms with Crippen molar-refractivity contribution in [2.24, 2.45) is 0 Å². The summed E-state index contributed by atoms with van der Waals surface area (Å²) in [5, 5.41) is 8.20. The van der Waals surface area contributed by atoms with E-state index in [0.29, 0.717) is 5.11 Å². The van der Waals surface area contributed by atoms with Crippen molar-refractivity contribution in [1.29, 1.82) is 0 Å². The summed E-state index contributed by atoms with van der Waals surface area (Å²) in [7, 11) is 0. The molecular formula is C28H32ClN5S. The lowest BCUT2D eigenvalue weighted by Gasteiger charge is -2.36. The first-order valence-electron chi connectivity index (χ1n) is 12.4. The molecule has 2 N–H and O–H groups in total. The third-order valence-corrected chi connectivity index (χ3v) is 7.80. The first-order valence-corrected chi connectivity index (χ1v) is 13.2. The number of piperazine rings is 1. The van der Waals surface area contributed by atoms with Crippen LogP contribution in [-0.4, -0.2) is 42.8 Å². The maximum atomic E-state index is 6.29. The highest BCUT2D eigenvalue weighted by atomic mass is 35.5. The molecular weight excluding hydrogens is 474 g/mol. The Labute approximate surface area is 218 Å². The van der Waals surface area contributed by atoms with Crippen molar-refractivity contribution >= 4 is 46.1 Å². The van der Waals surface area contributed by atoms with Gasteiger partial charge in [0.15, 0.2) is 5.11 Å². The lowest BCUT2D eigenvalue weighted by atomic mass is 9.79. The monoisotopic (exact) mass is 505 g/mol. The van der Waals surface area contributed by atoms with Crippen LogP contribution >= 0.6 is 23.8 Å². The number of thiocarbonyl (C=S) groups is 1. The van der Waals surface area contributed by atoms with Gasteiger partial charge in [-0.1, -0.05) is 54.8 Å². The first-order chi connectivity index (χ1) is 17.1. The van der Waals surface area contributed by atoms with Crippen molar-refractivity contribution in [2.45, 2.75) is 31.1 Å². The fourth-order valence-corrected chi connectivity index (χ4v) is 5.72. The predicted molar refractivity (Wildman–Crippen MR) is 151 cm³/mol. The first kappa shape index (κ1) is 23.9. The zero-order valence-corrected chi connectivity index (χ0v) is 21.5. The van der Waals surface area contributed by atoms with Gasteiger partial charge in [0.25, 0.3) is 0 Å². The molecule has 3 aromatic rings. The molecule has 2 fully saturated rings. The van der Waals surface area contributed by atoms with Gasteiger partial charge >= 0.3 is 0 Å². The molecule has 5 rings (SSSR count). The summed E-state index contributed by atoms with van der Waals surface area (Å²) in [5.74, 6) is 1.01. The summed E-state index contributed by atoms with van der Waals surface area (Å²) in [6.45, 7) is 4.71. The molecule has 0 radical (unpaired) electrons. The molecule has 0 bridgehead atoms. The molecule has 0 atom stereocenters. The highest BCUT2D eigenvalue weighted by Gasteiger charge is 2.35. The summed E-state index contributed by atoms with van der Waals surface area (Å²) >= 11 is 11.9. The van der Waals surface area contributed by atoms with Crippen molar-refractivity contribution in [3.05, 3.63) is 83.5 Å². The Kier molecular flexibility index (Phi) is 7.40. The van der Waals surface area contributed by atoms with E-state index in [0.717, 1.165) is 62.1 Å². The number of aromatic nitrogens is 1. The largest absolute Gasteiger partial charge is 0.368 e. The Balaban J connectivity index is 1.14. The van der Waals surface area contributed by atoms with Gasteiger partial charge in [-0.15, -0.1) is 0 Å². The maximum Gasteiger partial charge on any atom is 0.170 e. The van der Waals surface area contributed by atoms with Crippen LogP contribution in [0, 0.1) is 0 Å². The SMILES string of the molecule is S=C(NCC1(c2cccc(Cl)c2)CCCC1)Nc1ccc(N2CCN(c3ccccc3)CC2)nc1. The maximum absolute atomic E-state index is 6.29. The summed E-state index contributed by atoms with van der Waals surface area (Å²) in [6, 6.07) is 23.0. The number of nitrogens with zero attached hydrogens (tertiary/aromatic N) is 3. The van der Waals surface area contributed by atoms with Crippen molar-refractivity contribution in [2.75, 3.05) is 47.8 Å². The van der Waals surface area contributed by atoms with E-state index in [2.05, 4.69) is 75.0 Å². The third-order valence-electron chi connectivity index (χ3n) is 7.32. The average Bonchev–Trinajstić information content (AvgIpc) is 3.39. The van der Waals surface area contributed by atoms with Gasteiger partial charge in [0.2, 0.25) is 0 Å². The molecule has 1 aliphatic carbocycles. The van der Waals surface area contributed by atoms with E-state index in [-0.39, 0.29) is 5.41 Å². The molecule has 35 heavy (non-hydrogen) atoms. The molecule has 2 aromatic carbocycles. The zero-order valence-electron chi connectivity index (χ0n) is 19.9. The van der Waals surface area contributed by atoms with E-state index in [1.807, 2.05) is 18.3 Å². The number of halogens is 1. The Bertz CT molecular complexity index is 1120. The van der Waals surface area contributed by atoms with Crippen molar-refractivity contribution < 1.29 is 0 Å². The lowest BCUT2D eigenvalue weighted by Crippen LogP contribution is -2.46. The Hall–Kier alpha value is -2.83. The van der Waals surface area contributed by atoms with Crippen molar-refractivity contribution in [3.63, 3.8) is 0 Å². The number of pyridine rings is 1. The lowest BCUT2D eigenvalue weighted by molar-refractivity contribution is 0.435. The second-order valence-corrected chi connectivity index (χ2v) is 10.4. The fourth-order valence-electron chi connectivity index (χ4n) is 5.34. The summed E-state index contributed by atoms with van der Waals surface area (Å²) in [5.41, 5.74) is 3.57. The normalized spacial score (nSPS) is 17.3. The van der Waals surface area contributed by atoms with Crippen LogP contribution in [0.3, 0.4) is 0 Å². The van der Waals surface area contributed by atoms with Crippen LogP contribution in [0.5, 0.6) is 0 Å². The average molecular weight is 506 g/mol. The zero-order chi connectivity index (χ0) is 24.1. The second kappa shape index (κ2) is 10.8. The van der Waals surface area contributed by atoms with E-state index < -0.39 is 0 Å². The summed E-state index contributed by atoms with van der Waals surface area (Å²) < 4.78 is 0. The minimum atomic E-state index is 0.0840. The Morgan fingerprint density at radius 2 is 1.66 bits per heavy atom. The van der Waals surface area contributed by atoms with E-state index >= 15 is 0 Å². The predicted octanol–water partition coefficient (Wildman–Crippen LogP) is 5.86. The number of hydrogen-bond acceptors (Lipinski definition) is 4. The van der Waals surface area contributed by atoms with Gasteiger partial charge in [0.05, 0.1) is 11.9 Å². The van der Waals surface area contributed by atoms with E-state index in [1.165, 1.54) is 24.1 Å². The van der Waals surface area contributed by atoms with Gasteiger partial charge in [-0.2, -0.15) is 0 Å². The number of benzene rings is 2. The van der Waals surface area contributed by atoms with Crippen LogP contribution in [0.2, 0.25) is 5.02 Å². The van der Waals surface area contributed by atoms with Crippen LogP contribution in [0.1, 0.15) is 31.2 Å². The molecule has 2 aliphatic rings. The van der Waals surface area contributed by atoms with Gasteiger partial charge in [-0.3, -0.25) is 0 Å². The van der Waals surface area contributed by atoms with E-state index in [4.69, 9.17) is 28.8 Å². The van der Waals surface area contributed by atoms with Gasteiger partial charge < -0.3 is 20.4 Å². The van der Waals surface area contributed by atoms with Gasteiger partial charge in [-0.05, 0) is 67.0 Å². The van der Waals surface area contributed by atoms with Gasteiger partial charge in [0, 0.05) is 48.8 Å². The topological polar surface area (TPSA) is 43.4 Å². The molecule has 0 spiro atoms. The third kappa shape index (κ3) is 5.71. The van der Waals surface area contributed by atoms with Crippen LogP contribution in [-0.2, 0) is 5.41 Å². The van der Waals surface area contributed by atoms with Crippen LogP contribution in [0.4, 0.5) is 17.2 Å². The number of para-hydroxylation sites is 1. The number of nitrogens with one attached hydrogen (secondary N) is 2. The molecule has 1 saturated heterocycles. The van der Waals surface area contributed by atoms with Gasteiger partial charge in [-0.25, -0.2) is 4.98 Å².